The Balaban J connectivity index is 1.23. The highest BCUT2D eigenvalue weighted by atomic mass is 16.3. The zero-order chi connectivity index (χ0) is 30.5. The van der Waals surface area contributed by atoms with Gasteiger partial charge in [0.15, 0.2) is 5.58 Å². The fourth-order valence-corrected chi connectivity index (χ4v) is 6.43. The topological polar surface area (TPSA) is 43.9 Å². The Morgan fingerprint density at radius 3 is 2.00 bits per heavy atom. The molecule has 0 aliphatic carbocycles. The molecule has 0 saturated heterocycles. The Bertz CT molecular complexity index is 2480. The molecule has 0 fully saturated rings. The van der Waals surface area contributed by atoms with Gasteiger partial charge in [-0.3, -0.25) is 4.98 Å². The summed E-state index contributed by atoms with van der Waals surface area (Å²) in [6.07, 6.45) is 1.84. The molecule has 46 heavy (non-hydrogen) atoms. The largest absolute Gasteiger partial charge is 0.436 e. The van der Waals surface area contributed by atoms with E-state index >= 15 is 0 Å². The molecule has 9 aromatic rings. The van der Waals surface area contributed by atoms with Gasteiger partial charge in [-0.1, -0.05) is 97.1 Å². The van der Waals surface area contributed by atoms with Crippen LogP contribution in [-0.4, -0.2) is 14.5 Å². The van der Waals surface area contributed by atoms with E-state index < -0.39 is 0 Å². The monoisotopic (exact) mass is 589 g/mol. The van der Waals surface area contributed by atoms with Crippen molar-refractivity contribution in [3.8, 4) is 50.7 Å². The minimum atomic E-state index is 0.612. The molecule has 0 unspecified atom stereocenters. The Morgan fingerprint density at radius 1 is 0.457 bits per heavy atom. The first-order valence-corrected chi connectivity index (χ1v) is 15.4. The smallest absolute Gasteiger partial charge is 0.227 e. The lowest BCUT2D eigenvalue weighted by atomic mass is 9.99. The fourth-order valence-electron chi connectivity index (χ4n) is 6.43. The predicted molar refractivity (Wildman–Crippen MR) is 188 cm³/mol. The number of para-hydroxylation sites is 2. The van der Waals surface area contributed by atoms with Crippen LogP contribution in [0.1, 0.15) is 0 Å². The molecule has 3 aromatic heterocycles. The normalized spacial score (nSPS) is 11.5. The van der Waals surface area contributed by atoms with E-state index in [0.29, 0.717) is 5.89 Å². The van der Waals surface area contributed by atoms with E-state index in [1.54, 1.807) is 0 Å². The molecule has 0 spiro atoms. The summed E-state index contributed by atoms with van der Waals surface area (Å²) in [5, 5.41) is 2.35. The van der Waals surface area contributed by atoms with Crippen molar-refractivity contribution in [2.24, 2.45) is 0 Å². The van der Waals surface area contributed by atoms with Crippen molar-refractivity contribution in [3.05, 3.63) is 164 Å². The fraction of sp³-hybridized carbons (Fsp3) is 0. The molecule has 0 atom stereocenters. The Labute approximate surface area is 265 Å². The first-order chi connectivity index (χ1) is 22.8. The van der Waals surface area contributed by atoms with Crippen LogP contribution in [-0.2, 0) is 0 Å². The molecule has 3 heterocycles. The summed E-state index contributed by atoms with van der Waals surface area (Å²) < 4.78 is 8.53. The van der Waals surface area contributed by atoms with E-state index in [4.69, 9.17) is 9.40 Å². The SMILES string of the molecule is c1ccc(-c2ccc(-c3ccc4c(c3)c3ccc(-c5nc6ccccc6o5)cc3n4-c3cccc(-c4ccccn4)c3)cc2)cc1. The van der Waals surface area contributed by atoms with Crippen molar-refractivity contribution in [1.82, 2.24) is 14.5 Å². The van der Waals surface area contributed by atoms with Gasteiger partial charge in [0, 0.05) is 33.8 Å². The van der Waals surface area contributed by atoms with Crippen molar-refractivity contribution in [1.29, 1.82) is 0 Å². The first-order valence-electron chi connectivity index (χ1n) is 15.4. The molecule has 4 heteroatoms. The van der Waals surface area contributed by atoms with E-state index in [1.807, 2.05) is 48.7 Å². The molecule has 0 radical (unpaired) electrons. The van der Waals surface area contributed by atoms with E-state index in [9.17, 15) is 0 Å². The van der Waals surface area contributed by atoms with Crippen LogP contribution in [0.4, 0.5) is 0 Å². The van der Waals surface area contributed by atoms with Crippen LogP contribution in [0.15, 0.2) is 168 Å². The van der Waals surface area contributed by atoms with Crippen molar-refractivity contribution >= 4 is 32.9 Å². The third kappa shape index (κ3) is 4.47. The van der Waals surface area contributed by atoms with Crippen LogP contribution in [0.5, 0.6) is 0 Å². The number of hydrogen-bond acceptors (Lipinski definition) is 3. The molecule has 0 N–H and O–H groups in total. The van der Waals surface area contributed by atoms with E-state index in [0.717, 1.165) is 44.6 Å². The van der Waals surface area contributed by atoms with Crippen LogP contribution in [0.3, 0.4) is 0 Å². The molecular formula is C42H27N3O. The van der Waals surface area contributed by atoms with Crippen LogP contribution >= 0.6 is 0 Å². The number of hydrogen-bond donors (Lipinski definition) is 0. The molecule has 0 saturated carbocycles. The van der Waals surface area contributed by atoms with Crippen molar-refractivity contribution in [2.75, 3.05) is 0 Å². The van der Waals surface area contributed by atoms with Gasteiger partial charge in [0.25, 0.3) is 0 Å². The lowest BCUT2D eigenvalue weighted by Crippen LogP contribution is -1.95. The highest BCUT2D eigenvalue weighted by molar-refractivity contribution is 6.11. The van der Waals surface area contributed by atoms with Gasteiger partial charge in [0.2, 0.25) is 5.89 Å². The molecule has 216 valence electrons. The second kappa shape index (κ2) is 10.7. The average Bonchev–Trinajstić information content (AvgIpc) is 3.71. The van der Waals surface area contributed by atoms with E-state index in [2.05, 4.69) is 125 Å². The summed E-state index contributed by atoms with van der Waals surface area (Å²) in [4.78, 5) is 9.41. The lowest BCUT2D eigenvalue weighted by Gasteiger charge is -2.11. The summed E-state index contributed by atoms with van der Waals surface area (Å²) in [6.45, 7) is 0. The van der Waals surface area contributed by atoms with Gasteiger partial charge in [0.05, 0.1) is 16.7 Å². The third-order valence-corrected chi connectivity index (χ3v) is 8.70. The van der Waals surface area contributed by atoms with Gasteiger partial charge in [0.1, 0.15) is 5.52 Å². The van der Waals surface area contributed by atoms with Crippen LogP contribution in [0.2, 0.25) is 0 Å². The Kier molecular flexibility index (Phi) is 6.10. The van der Waals surface area contributed by atoms with Crippen molar-refractivity contribution in [2.45, 2.75) is 0 Å². The van der Waals surface area contributed by atoms with Gasteiger partial charge in [-0.05, 0) is 82.9 Å². The van der Waals surface area contributed by atoms with Crippen molar-refractivity contribution in [3.63, 3.8) is 0 Å². The summed E-state index contributed by atoms with van der Waals surface area (Å²) in [6, 6.07) is 55.1. The number of pyridine rings is 1. The zero-order valence-corrected chi connectivity index (χ0v) is 24.8. The molecule has 6 aromatic carbocycles. The molecule has 0 amide bonds. The van der Waals surface area contributed by atoms with E-state index in [1.165, 1.54) is 33.0 Å². The standard InChI is InChI=1S/C42H27N3O/c1-2-9-28(10-3-1)29-16-18-30(19-17-29)31-21-23-39-36(26-31)35-22-20-33(42-44-38-14-4-5-15-41(38)46-42)27-40(35)45(39)34-12-8-11-32(25-34)37-13-6-7-24-43-37/h1-27H. The van der Waals surface area contributed by atoms with Gasteiger partial charge < -0.3 is 8.98 Å². The number of oxazole rings is 1. The van der Waals surface area contributed by atoms with Crippen LogP contribution in [0.25, 0.3) is 83.6 Å². The second-order valence-electron chi connectivity index (χ2n) is 11.5. The highest BCUT2D eigenvalue weighted by Gasteiger charge is 2.17. The van der Waals surface area contributed by atoms with Crippen molar-refractivity contribution < 1.29 is 4.42 Å². The number of benzene rings is 6. The first kappa shape index (κ1) is 26.2. The van der Waals surface area contributed by atoms with Gasteiger partial charge >= 0.3 is 0 Å². The predicted octanol–water partition coefficient (Wildman–Crippen LogP) is 11.0. The molecule has 0 bridgehead atoms. The Hall–Kier alpha value is -6.26. The minimum Gasteiger partial charge on any atom is -0.436 e. The maximum atomic E-state index is 6.19. The number of nitrogens with zero attached hydrogens (tertiary/aromatic N) is 3. The minimum absolute atomic E-state index is 0.612. The van der Waals surface area contributed by atoms with Crippen LogP contribution < -0.4 is 0 Å². The molecule has 9 rings (SSSR count). The number of fused-ring (bicyclic) bond motifs is 4. The average molecular weight is 590 g/mol. The zero-order valence-electron chi connectivity index (χ0n) is 24.8. The van der Waals surface area contributed by atoms with Gasteiger partial charge in [-0.15, -0.1) is 0 Å². The molecular weight excluding hydrogens is 562 g/mol. The summed E-state index contributed by atoms with van der Waals surface area (Å²) in [5.74, 6) is 0.612. The molecule has 0 aliphatic rings. The van der Waals surface area contributed by atoms with Gasteiger partial charge in [-0.2, -0.15) is 0 Å². The number of aromatic nitrogens is 3. The lowest BCUT2D eigenvalue weighted by molar-refractivity contribution is 0.620. The number of rotatable bonds is 5. The van der Waals surface area contributed by atoms with E-state index in [-0.39, 0.29) is 0 Å². The maximum Gasteiger partial charge on any atom is 0.227 e. The van der Waals surface area contributed by atoms with Gasteiger partial charge in [-0.25, -0.2) is 4.98 Å². The summed E-state index contributed by atoms with van der Waals surface area (Å²) in [5.41, 5.74) is 12.7. The maximum absolute atomic E-state index is 6.19. The Morgan fingerprint density at radius 2 is 1.17 bits per heavy atom. The molecule has 0 aliphatic heterocycles. The molecule has 4 nitrogen and oxygen atoms in total. The third-order valence-electron chi connectivity index (χ3n) is 8.70. The highest BCUT2D eigenvalue weighted by Crippen LogP contribution is 2.38. The summed E-state index contributed by atoms with van der Waals surface area (Å²) >= 11 is 0. The summed E-state index contributed by atoms with van der Waals surface area (Å²) in [7, 11) is 0. The quantitative estimate of drug-likeness (QED) is 0.201. The second-order valence-corrected chi connectivity index (χ2v) is 11.5. The van der Waals surface area contributed by atoms with Crippen LogP contribution in [0, 0.1) is 0 Å².